The minimum atomic E-state index is -0.132. The summed E-state index contributed by atoms with van der Waals surface area (Å²) < 4.78 is 19.6. The number of hydrogen-bond acceptors (Lipinski definition) is 3. The smallest absolute Gasteiger partial charge is 0.127 e. The summed E-state index contributed by atoms with van der Waals surface area (Å²) in [5.41, 5.74) is 2.22. The van der Waals surface area contributed by atoms with Crippen LogP contribution < -0.4 is 19.8 Å². The summed E-state index contributed by atoms with van der Waals surface area (Å²) in [6.45, 7) is 0. The van der Waals surface area contributed by atoms with Crippen LogP contribution in [-0.4, -0.2) is 19.0 Å². The molecule has 0 fully saturated rings. The molecule has 0 aliphatic heterocycles. The molecule has 0 amide bonds. The lowest BCUT2D eigenvalue weighted by atomic mass is 10.1. The lowest BCUT2D eigenvalue weighted by Crippen LogP contribution is -2.21. The minimum Gasteiger partial charge on any atom is -0.457 e. The zero-order valence-electron chi connectivity index (χ0n) is 25.0. The number of rotatable bonds is 14. The van der Waals surface area contributed by atoms with Crippen LogP contribution in [-0.2, 0) is 4.74 Å². The molecule has 0 spiro atoms. The van der Waals surface area contributed by atoms with Crippen molar-refractivity contribution in [2.45, 2.75) is 24.3 Å². The van der Waals surface area contributed by atoms with E-state index in [1.54, 1.807) is 0 Å². The first kappa shape index (κ1) is 30.3. The van der Waals surface area contributed by atoms with Crippen molar-refractivity contribution >= 4 is 29.4 Å². The molecule has 2 unspecified atom stereocenters. The molecular formula is C40H34O3Si2. The molecule has 6 aromatic carbocycles. The predicted octanol–water partition coefficient (Wildman–Crippen LogP) is 8.97. The Bertz CT molecular complexity index is 1600. The second-order valence-corrected chi connectivity index (χ2v) is 13.3. The lowest BCUT2D eigenvalue weighted by molar-refractivity contribution is 0.00606. The van der Waals surface area contributed by atoms with Crippen LogP contribution in [0.15, 0.2) is 170 Å². The van der Waals surface area contributed by atoms with Crippen LogP contribution in [0, 0.1) is 0 Å². The molecule has 0 heterocycles. The Morgan fingerprint density at radius 1 is 0.378 bits per heavy atom. The van der Waals surface area contributed by atoms with E-state index in [9.17, 15) is 0 Å². The van der Waals surface area contributed by atoms with E-state index < -0.39 is 0 Å². The molecule has 0 saturated carbocycles. The minimum absolute atomic E-state index is 0.132. The average Bonchev–Trinajstić information content (AvgIpc) is 3.10. The largest absolute Gasteiger partial charge is 0.457 e. The van der Waals surface area contributed by atoms with Gasteiger partial charge in [-0.15, -0.1) is 0 Å². The maximum atomic E-state index is 7.18. The van der Waals surface area contributed by atoms with Crippen molar-refractivity contribution < 1.29 is 14.2 Å². The second kappa shape index (κ2) is 15.9. The Morgan fingerprint density at radius 3 is 1.13 bits per heavy atom. The third kappa shape index (κ3) is 9.16. The summed E-state index contributed by atoms with van der Waals surface area (Å²) in [7, 11) is 1.21. The summed E-state index contributed by atoms with van der Waals surface area (Å²) in [6, 6.07) is 59.6. The molecule has 0 bridgehead atoms. The molecule has 0 aliphatic carbocycles. The van der Waals surface area contributed by atoms with Crippen molar-refractivity contribution in [3.63, 3.8) is 0 Å². The Labute approximate surface area is 271 Å². The lowest BCUT2D eigenvalue weighted by Gasteiger charge is -2.26. The first-order valence-corrected chi connectivity index (χ1v) is 17.6. The third-order valence-corrected chi connectivity index (χ3v) is 9.91. The maximum Gasteiger partial charge on any atom is 0.127 e. The normalized spacial score (nSPS) is 12.3. The average molecular weight is 619 g/mol. The van der Waals surface area contributed by atoms with Crippen molar-refractivity contribution in [3.8, 4) is 23.0 Å². The highest BCUT2D eigenvalue weighted by Crippen LogP contribution is 2.35. The molecule has 5 heteroatoms. The highest BCUT2D eigenvalue weighted by Gasteiger charge is 2.22. The number of hydrogen-bond donors (Lipinski definition) is 0. The summed E-state index contributed by atoms with van der Waals surface area (Å²) in [5.74, 6) is 3.23. The van der Waals surface area contributed by atoms with Crippen LogP contribution in [0.3, 0.4) is 0 Å². The molecule has 45 heavy (non-hydrogen) atoms. The number of ether oxygens (including phenoxy) is 3. The summed E-state index contributed by atoms with van der Waals surface area (Å²) in [6.07, 6.45) is -0.265. The molecular weight excluding hydrogens is 585 g/mol. The molecule has 0 N–H and O–H groups in total. The van der Waals surface area contributed by atoms with Crippen LogP contribution >= 0.6 is 0 Å². The van der Waals surface area contributed by atoms with E-state index in [1.165, 1.54) is 10.4 Å². The SMILES string of the molecule is c1ccc(Oc2cccc(C(C[Si]c3ccccc3)OC(C[Si]c3ccccc3)c3cccc(Oc4ccccc4)c3)c2)cc1. The van der Waals surface area contributed by atoms with Crippen molar-refractivity contribution in [1.82, 2.24) is 0 Å². The zero-order chi connectivity index (χ0) is 30.5. The van der Waals surface area contributed by atoms with Crippen LogP contribution in [0.5, 0.6) is 23.0 Å². The first-order valence-electron chi connectivity index (χ1n) is 15.2. The van der Waals surface area contributed by atoms with Gasteiger partial charge in [-0.1, -0.05) is 132 Å². The predicted molar refractivity (Wildman–Crippen MR) is 186 cm³/mol. The fourth-order valence-electron chi connectivity index (χ4n) is 5.03. The standard InChI is InChI=1S/C40H34O3Si2/c1-5-17-33(18-6-1)41-35-21-13-15-31(27-35)39(29-44-37-23-9-3-10-24-37)43-40(30-45-38-25-11-4-12-26-38)32-16-14-22-36(28-32)42-34-19-7-2-8-20-34/h1-28,39-40H,29-30H2. The van der Waals surface area contributed by atoms with Gasteiger partial charge in [-0.05, 0) is 71.7 Å². The molecule has 0 saturated heterocycles. The molecule has 3 nitrogen and oxygen atoms in total. The highest BCUT2D eigenvalue weighted by atomic mass is 28.2. The van der Waals surface area contributed by atoms with Crippen molar-refractivity contribution in [2.24, 2.45) is 0 Å². The van der Waals surface area contributed by atoms with Crippen molar-refractivity contribution in [3.05, 3.63) is 181 Å². The Kier molecular flexibility index (Phi) is 10.7. The number of benzene rings is 6. The van der Waals surface area contributed by atoms with Crippen molar-refractivity contribution in [2.75, 3.05) is 0 Å². The summed E-state index contributed by atoms with van der Waals surface area (Å²) in [5, 5.41) is 2.65. The van der Waals surface area contributed by atoms with E-state index in [4.69, 9.17) is 14.2 Å². The van der Waals surface area contributed by atoms with E-state index in [2.05, 4.69) is 97.1 Å². The van der Waals surface area contributed by atoms with Crippen LogP contribution in [0.4, 0.5) is 0 Å². The molecule has 6 aromatic rings. The van der Waals surface area contributed by atoms with E-state index in [0.717, 1.165) is 46.2 Å². The molecule has 0 aliphatic rings. The van der Waals surface area contributed by atoms with E-state index in [-0.39, 0.29) is 12.2 Å². The molecule has 4 radical (unpaired) electrons. The number of para-hydroxylation sites is 2. The molecule has 220 valence electrons. The van der Waals surface area contributed by atoms with Gasteiger partial charge in [-0.3, -0.25) is 0 Å². The first-order chi connectivity index (χ1) is 22.3. The third-order valence-electron chi connectivity index (χ3n) is 7.28. The fraction of sp³-hybridized carbons (Fsp3) is 0.100. The summed E-state index contributed by atoms with van der Waals surface area (Å²) >= 11 is 0. The Balaban J connectivity index is 1.30. The van der Waals surface area contributed by atoms with E-state index in [1.807, 2.05) is 72.8 Å². The fourth-order valence-corrected chi connectivity index (χ4v) is 7.39. The van der Waals surface area contributed by atoms with Gasteiger partial charge < -0.3 is 14.2 Å². The van der Waals surface area contributed by atoms with Gasteiger partial charge in [0.2, 0.25) is 0 Å². The van der Waals surface area contributed by atoms with Gasteiger partial charge in [-0.25, -0.2) is 0 Å². The maximum absolute atomic E-state index is 7.18. The Hall–Kier alpha value is -4.69. The monoisotopic (exact) mass is 618 g/mol. The van der Waals surface area contributed by atoms with Crippen LogP contribution in [0.25, 0.3) is 0 Å². The van der Waals surface area contributed by atoms with Gasteiger partial charge >= 0.3 is 0 Å². The molecule has 2 atom stereocenters. The molecule has 0 aromatic heterocycles. The van der Waals surface area contributed by atoms with Crippen LogP contribution in [0.2, 0.25) is 12.1 Å². The highest BCUT2D eigenvalue weighted by molar-refractivity contribution is 6.54. The second-order valence-electron chi connectivity index (χ2n) is 10.6. The van der Waals surface area contributed by atoms with Gasteiger partial charge in [0.1, 0.15) is 23.0 Å². The zero-order valence-corrected chi connectivity index (χ0v) is 27.0. The molecule has 6 rings (SSSR count). The van der Waals surface area contributed by atoms with Gasteiger partial charge in [0.05, 0.1) is 31.2 Å². The Morgan fingerprint density at radius 2 is 0.733 bits per heavy atom. The summed E-state index contributed by atoms with van der Waals surface area (Å²) in [4.78, 5) is 0. The van der Waals surface area contributed by atoms with Gasteiger partial charge in [0, 0.05) is 0 Å². The van der Waals surface area contributed by atoms with Crippen LogP contribution in [0.1, 0.15) is 23.3 Å². The quantitative estimate of drug-likeness (QED) is 0.114. The van der Waals surface area contributed by atoms with E-state index >= 15 is 0 Å². The van der Waals surface area contributed by atoms with Crippen molar-refractivity contribution in [1.29, 1.82) is 0 Å². The van der Waals surface area contributed by atoms with Gasteiger partial charge in [-0.2, -0.15) is 0 Å². The topological polar surface area (TPSA) is 27.7 Å². The van der Waals surface area contributed by atoms with E-state index in [0.29, 0.717) is 19.0 Å². The van der Waals surface area contributed by atoms with Gasteiger partial charge in [0.25, 0.3) is 0 Å². The van der Waals surface area contributed by atoms with Gasteiger partial charge in [0.15, 0.2) is 0 Å².